The fourth-order valence-electron chi connectivity index (χ4n) is 9.43. The molecule has 22 heteroatoms. The van der Waals surface area contributed by atoms with Crippen molar-refractivity contribution in [3.8, 4) is 34.4 Å². The van der Waals surface area contributed by atoms with Crippen molar-refractivity contribution in [2.75, 3.05) is 23.7 Å². The van der Waals surface area contributed by atoms with E-state index in [1.54, 1.807) is 89.8 Å². The van der Waals surface area contributed by atoms with Gasteiger partial charge in [-0.3, -0.25) is 28.0 Å². The molecule has 0 radical (unpaired) electrons. The minimum absolute atomic E-state index is 0.0571. The summed E-state index contributed by atoms with van der Waals surface area (Å²) in [4.78, 5) is 78.4. The Morgan fingerprint density at radius 1 is 0.597 bits per heavy atom. The Bertz CT molecular complexity index is 3560. The van der Waals surface area contributed by atoms with Gasteiger partial charge in [-0.2, -0.15) is 26.3 Å². The highest BCUT2D eigenvalue weighted by Gasteiger charge is 2.41. The number of anilines is 2. The molecule has 8 aromatic rings. The number of aromatic nitrogens is 8. The van der Waals surface area contributed by atoms with Gasteiger partial charge >= 0.3 is 12.4 Å². The average molecular weight is 1050 g/mol. The van der Waals surface area contributed by atoms with Gasteiger partial charge < -0.3 is 20.4 Å². The molecule has 392 valence electrons. The third-order valence-corrected chi connectivity index (χ3v) is 12.9. The summed E-state index contributed by atoms with van der Waals surface area (Å²) in [6, 6.07) is 21.3. The Hall–Kier alpha value is -9.26. The van der Waals surface area contributed by atoms with E-state index in [0.29, 0.717) is 71.5 Å². The molecule has 2 saturated heterocycles. The number of benzene rings is 2. The van der Waals surface area contributed by atoms with Gasteiger partial charge in [-0.1, -0.05) is 48.9 Å². The van der Waals surface area contributed by atoms with Crippen LogP contribution in [0.3, 0.4) is 0 Å². The maximum Gasteiger partial charge on any atom is 0.435 e. The van der Waals surface area contributed by atoms with E-state index < -0.39 is 53.5 Å². The van der Waals surface area contributed by atoms with Crippen molar-refractivity contribution in [3.63, 3.8) is 0 Å². The molecule has 2 fully saturated rings. The number of nitrogens with zero attached hydrogens (tertiary/aromatic N) is 10. The first-order valence-electron chi connectivity index (χ1n) is 24.3. The van der Waals surface area contributed by atoms with E-state index in [2.05, 4.69) is 59.0 Å². The summed E-state index contributed by atoms with van der Waals surface area (Å²) in [6.07, 6.45) is 4.04. The van der Waals surface area contributed by atoms with Gasteiger partial charge in [0.25, 0.3) is 17.7 Å². The highest BCUT2D eigenvalue weighted by Crippen LogP contribution is 2.41. The summed E-state index contributed by atoms with van der Waals surface area (Å²) < 4.78 is 87.2. The lowest BCUT2D eigenvalue weighted by molar-refractivity contribution is -0.140. The maximum atomic E-state index is 14.1. The SMILES string of the molecule is C=CC(=O)N1CCCC[C@H]1c1nc(-c2ccc(C(=O)Nc3ccccn3)cc2)c2c(C(F)(F)F)nccn12.CC#CC(=O)N1CCCC[C@H]1c1nc(-c2ccc(C(=O)Nc3ccccn3)cc2)c2c(C(F)(F)F)nccn12. The van der Waals surface area contributed by atoms with Crippen LogP contribution in [0.25, 0.3) is 33.5 Å². The van der Waals surface area contributed by atoms with E-state index in [4.69, 9.17) is 0 Å². The number of rotatable bonds is 9. The number of hydrogen-bond donors (Lipinski definition) is 2. The number of nitrogens with one attached hydrogen (secondary N) is 2. The van der Waals surface area contributed by atoms with Crippen molar-refractivity contribution in [1.82, 2.24) is 48.5 Å². The largest absolute Gasteiger partial charge is 0.435 e. The predicted molar refractivity (Wildman–Crippen MR) is 271 cm³/mol. The number of piperidine rings is 2. The summed E-state index contributed by atoms with van der Waals surface area (Å²) in [6.45, 7) is 6.00. The zero-order valence-corrected chi connectivity index (χ0v) is 41.0. The van der Waals surface area contributed by atoms with Gasteiger partial charge in [-0.15, -0.1) is 0 Å². The lowest BCUT2D eigenvalue weighted by Gasteiger charge is -2.34. The molecular weight excluding hydrogens is 1010 g/mol. The molecule has 0 unspecified atom stereocenters. The molecule has 4 amide bonds. The molecule has 0 bridgehead atoms. The van der Waals surface area contributed by atoms with Crippen molar-refractivity contribution in [1.29, 1.82) is 0 Å². The molecule has 2 aliphatic rings. The molecule has 2 aromatic carbocycles. The van der Waals surface area contributed by atoms with E-state index in [-0.39, 0.29) is 28.3 Å². The smallest absolute Gasteiger partial charge is 0.329 e. The van der Waals surface area contributed by atoms with E-state index >= 15 is 0 Å². The number of amides is 4. The normalized spacial score (nSPS) is 15.7. The minimum Gasteiger partial charge on any atom is -0.329 e. The second kappa shape index (κ2) is 22.3. The van der Waals surface area contributed by atoms with Crippen molar-refractivity contribution < 1.29 is 45.5 Å². The Morgan fingerprint density at radius 2 is 1.04 bits per heavy atom. The first-order chi connectivity index (χ1) is 37.0. The van der Waals surface area contributed by atoms with Crippen LogP contribution in [0.15, 0.2) is 135 Å². The Kier molecular flexibility index (Phi) is 15.2. The fourth-order valence-corrected chi connectivity index (χ4v) is 9.43. The monoisotopic (exact) mass is 1050 g/mol. The number of alkyl halides is 6. The van der Waals surface area contributed by atoms with Gasteiger partial charge in [0.2, 0.25) is 5.91 Å². The number of hydrogen-bond acceptors (Lipinski definition) is 10. The lowest BCUT2D eigenvalue weighted by Crippen LogP contribution is -2.38. The standard InChI is InChI=1S/C28H23F3N6O2.C27H23F3N6O2/c1-2-7-22(38)36-16-6-4-8-20(36)26-35-23(24-25(28(29,30)31)33-15-17-37(24)26)18-10-12-19(13-11-18)27(39)34-21-9-3-5-14-32-21;1-2-21(37)35-15-6-4-7-19(35)25-34-22(23-24(27(28,29)30)32-14-16-36(23)25)17-9-11-18(12-10-17)26(38)33-20-8-3-5-13-31-20/h3,5,9-15,17,20H,4,6,8,16H2,1H3,(H,32,34,39);2-3,5,8-14,16,19H,1,4,6-7,15H2,(H,31,33,38)/t20-;19-/m00/s1. The van der Waals surface area contributed by atoms with Crippen LogP contribution in [-0.2, 0) is 21.9 Å². The minimum atomic E-state index is -4.74. The molecule has 0 aliphatic carbocycles. The molecule has 8 heterocycles. The zero-order valence-electron chi connectivity index (χ0n) is 41.0. The quantitative estimate of drug-likeness (QED) is 0.0801. The molecule has 2 atom stereocenters. The summed E-state index contributed by atoms with van der Waals surface area (Å²) in [5.74, 6) is 4.97. The number of carbonyl (C=O) groups is 4. The van der Waals surface area contributed by atoms with Gasteiger partial charge in [0.1, 0.15) is 34.3 Å². The topological polar surface area (TPSA) is 185 Å². The van der Waals surface area contributed by atoms with Gasteiger partial charge in [0, 0.05) is 72.5 Å². The average Bonchev–Trinajstić information content (AvgIpc) is 4.08. The Balaban J connectivity index is 0.000000188. The number of carbonyl (C=O) groups excluding carboxylic acids is 4. The van der Waals surface area contributed by atoms with Gasteiger partial charge in [-0.05, 0) is 106 Å². The molecule has 77 heavy (non-hydrogen) atoms. The summed E-state index contributed by atoms with van der Waals surface area (Å²) in [5, 5.41) is 5.34. The fraction of sp³-hybridized carbons (Fsp3) is 0.236. The summed E-state index contributed by atoms with van der Waals surface area (Å²) >= 11 is 0. The Labute approximate surface area is 435 Å². The maximum absolute atomic E-state index is 14.1. The predicted octanol–water partition coefficient (Wildman–Crippen LogP) is 10.4. The molecule has 16 nitrogen and oxygen atoms in total. The molecule has 6 aromatic heterocycles. The highest BCUT2D eigenvalue weighted by atomic mass is 19.4. The van der Waals surface area contributed by atoms with Crippen molar-refractivity contribution >= 4 is 46.3 Å². The third-order valence-electron chi connectivity index (χ3n) is 12.9. The van der Waals surface area contributed by atoms with Crippen LogP contribution in [0.5, 0.6) is 0 Å². The van der Waals surface area contributed by atoms with Gasteiger partial charge in [-0.25, -0.2) is 29.9 Å². The van der Waals surface area contributed by atoms with Gasteiger partial charge in [0.05, 0.1) is 23.5 Å². The van der Waals surface area contributed by atoms with Crippen LogP contribution in [0.2, 0.25) is 0 Å². The molecule has 2 N–H and O–H groups in total. The molecule has 10 rings (SSSR count). The molecule has 2 aliphatic heterocycles. The molecule has 0 spiro atoms. The summed E-state index contributed by atoms with van der Waals surface area (Å²) in [5.41, 5.74) is -1.14. The van der Waals surface area contributed by atoms with Gasteiger partial charge in [0.15, 0.2) is 11.4 Å². The first-order valence-corrected chi connectivity index (χ1v) is 24.3. The number of pyridine rings is 2. The van der Waals surface area contributed by atoms with Crippen molar-refractivity contribution in [2.24, 2.45) is 0 Å². The number of imidazole rings is 2. The first kappa shape index (κ1) is 52.6. The zero-order chi connectivity index (χ0) is 54.4. The van der Waals surface area contributed by atoms with E-state index in [0.717, 1.165) is 38.1 Å². The van der Waals surface area contributed by atoms with Crippen LogP contribution < -0.4 is 10.6 Å². The Morgan fingerprint density at radius 3 is 1.44 bits per heavy atom. The van der Waals surface area contributed by atoms with Crippen molar-refractivity contribution in [3.05, 3.63) is 169 Å². The van der Waals surface area contributed by atoms with E-state index in [1.165, 1.54) is 51.5 Å². The molecule has 0 saturated carbocycles. The van der Waals surface area contributed by atoms with Crippen LogP contribution >= 0.6 is 0 Å². The van der Waals surface area contributed by atoms with Crippen LogP contribution in [0.1, 0.15) is 101 Å². The van der Waals surface area contributed by atoms with Crippen LogP contribution in [-0.4, -0.2) is 85.2 Å². The second-order valence-electron chi connectivity index (χ2n) is 17.7. The number of halogens is 6. The lowest BCUT2D eigenvalue weighted by atomic mass is 10.0. The van der Waals surface area contributed by atoms with Crippen molar-refractivity contribution in [2.45, 2.75) is 69.9 Å². The van der Waals surface area contributed by atoms with E-state index in [9.17, 15) is 45.5 Å². The number of likely N-dealkylation sites (tertiary alicyclic amines) is 2. The number of fused-ring (bicyclic) bond motifs is 2. The van der Waals surface area contributed by atoms with E-state index in [1.807, 2.05) is 0 Å². The second-order valence-corrected chi connectivity index (χ2v) is 17.7. The van der Waals surface area contributed by atoms with Crippen LogP contribution in [0.4, 0.5) is 38.0 Å². The van der Waals surface area contributed by atoms with Crippen LogP contribution in [0, 0.1) is 11.8 Å². The molecular formula is C55H46F6N12O4. The third kappa shape index (κ3) is 11.2. The summed E-state index contributed by atoms with van der Waals surface area (Å²) in [7, 11) is 0. The highest BCUT2D eigenvalue weighted by molar-refractivity contribution is 6.05.